The molecule has 1 atom stereocenters. The van der Waals surface area contributed by atoms with E-state index in [0.717, 1.165) is 4.88 Å². The first kappa shape index (κ1) is 23.8. The Hall–Kier alpha value is -2.34. The van der Waals surface area contributed by atoms with Crippen LogP contribution < -0.4 is 5.32 Å². The molecule has 1 aromatic carbocycles. The molecule has 11 heteroatoms. The molecule has 178 valence electrons. The van der Waals surface area contributed by atoms with Gasteiger partial charge in [0, 0.05) is 18.2 Å². The van der Waals surface area contributed by atoms with Gasteiger partial charge >= 0.3 is 0 Å². The van der Waals surface area contributed by atoms with E-state index in [0.29, 0.717) is 49.8 Å². The van der Waals surface area contributed by atoms with E-state index in [9.17, 15) is 13.2 Å². The third-order valence-corrected chi connectivity index (χ3v) is 8.31. The lowest BCUT2D eigenvalue weighted by Gasteiger charge is -2.10. The number of benzene rings is 1. The Balaban J connectivity index is 1.52. The van der Waals surface area contributed by atoms with Crippen LogP contribution in [-0.4, -0.2) is 55.7 Å². The lowest BCUT2D eigenvalue weighted by molar-refractivity contribution is -0.110. The predicted molar refractivity (Wildman–Crippen MR) is 124 cm³/mol. The molecule has 1 aliphatic carbocycles. The summed E-state index contributed by atoms with van der Waals surface area (Å²) in [6, 6.07) is 6.17. The number of hydrogen-bond donors (Lipinski definition) is 1. The molecular formula is C22H27N3O6S2. The zero-order chi connectivity index (χ0) is 23.4. The summed E-state index contributed by atoms with van der Waals surface area (Å²) in [5.41, 5.74) is 0.480. The van der Waals surface area contributed by atoms with Gasteiger partial charge in [-0.2, -0.15) is 0 Å². The summed E-state index contributed by atoms with van der Waals surface area (Å²) in [4.78, 5) is 24.0. The third-order valence-electron chi connectivity index (χ3n) is 5.15. The summed E-state index contributed by atoms with van der Waals surface area (Å²) < 4.78 is 35.8. The quantitative estimate of drug-likeness (QED) is 0.399. The summed E-state index contributed by atoms with van der Waals surface area (Å²) in [5.74, 6) is -0.502. The maximum atomic E-state index is 13.1. The number of rotatable bonds is 10. The number of anilines is 1. The van der Waals surface area contributed by atoms with Crippen molar-refractivity contribution >= 4 is 37.9 Å². The number of aromatic nitrogens is 1. The Morgan fingerprint density at radius 1 is 1.27 bits per heavy atom. The average molecular weight is 494 g/mol. The van der Waals surface area contributed by atoms with E-state index in [4.69, 9.17) is 14.3 Å². The molecule has 33 heavy (non-hydrogen) atoms. The lowest BCUT2D eigenvalue weighted by Crippen LogP contribution is -2.25. The van der Waals surface area contributed by atoms with Gasteiger partial charge in [-0.15, -0.1) is 0 Å². The highest BCUT2D eigenvalue weighted by molar-refractivity contribution is 7.92. The van der Waals surface area contributed by atoms with Crippen LogP contribution in [0.4, 0.5) is 5.13 Å². The number of carbonyl (C=O) groups excluding carboxylic acids is 1. The summed E-state index contributed by atoms with van der Waals surface area (Å²) in [6.45, 7) is 5.29. The summed E-state index contributed by atoms with van der Waals surface area (Å²) in [6.07, 6.45) is 3.57. The van der Waals surface area contributed by atoms with Gasteiger partial charge in [0.1, 0.15) is 0 Å². The molecule has 2 aliphatic rings. The highest BCUT2D eigenvalue weighted by Gasteiger charge is 2.36. The lowest BCUT2D eigenvalue weighted by atomic mass is 10.1. The van der Waals surface area contributed by atoms with Crippen molar-refractivity contribution in [2.45, 2.75) is 62.1 Å². The molecule has 0 bridgehead atoms. The van der Waals surface area contributed by atoms with E-state index in [1.165, 1.54) is 23.5 Å². The number of nitrogens with one attached hydrogen (secondary N) is 1. The van der Waals surface area contributed by atoms with E-state index in [1.54, 1.807) is 18.3 Å². The van der Waals surface area contributed by atoms with Gasteiger partial charge in [0.15, 0.2) is 26.8 Å². The Bertz CT molecular complexity index is 1100. The minimum Gasteiger partial charge on any atom is -0.389 e. The molecule has 4 rings (SSSR count). The van der Waals surface area contributed by atoms with E-state index >= 15 is 0 Å². The fourth-order valence-electron chi connectivity index (χ4n) is 3.16. The van der Waals surface area contributed by atoms with Crippen LogP contribution in [0.25, 0.3) is 0 Å². The number of hydrogen-bond acceptors (Lipinski definition) is 9. The van der Waals surface area contributed by atoms with Gasteiger partial charge in [-0.1, -0.05) is 28.6 Å². The molecule has 1 amide bonds. The van der Waals surface area contributed by atoms with Crippen molar-refractivity contribution < 1.29 is 27.5 Å². The first-order valence-corrected chi connectivity index (χ1v) is 13.2. The van der Waals surface area contributed by atoms with Gasteiger partial charge in [0.2, 0.25) is 0 Å². The van der Waals surface area contributed by atoms with E-state index in [1.807, 2.05) is 13.8 Å². The maximum Gasteiger partial charge on any atom is 0.280 e. The van der Waals surface area contributed by atoms with Crippen LogP contribution in [0.1, 0.15) is 43.6 Å². The van der Waals surface area contributed by atoms with E-state index in [2.05, 4.69) is 15.5 Å². The zero-order valence-electron chi connectivity index (χ0n) is 18.5. The first-order valence-electron chi connectivity index (χ1n) is 10.9. The molecule has 2 aromatic rings. The second-order valence-electron chi connectivity index (χ2n) is 8.25. The summed E-state index contributed by atoms with van der Waals surface area (Å²) in [7, 11) is -3.32. The number of ether oxygens (including phenoxy) is 2. The van der Waals surface area contributed by atoms with Gasteiger partial charge in [0.25, 0.3) is 5.91 Å². The second-order valence-corrected chi connectivity index (χ2v) is 11.6. The minimum absolute atomic E-state index is 0.0347. The van der Waals surface area contributed by atoms with Crippen molar-refractivity contribution in [1.82, 2.24) is 4.98 Å². The van der Waals surface area contributed by atoms with Crippen LogP contribution in [-0.2, 0) is 35.5 Å². The van der Waals surface area contributed by atoms with E-state index in [-0.39, 0.29) is 28.1 Å². The second kappa shape index (κ2) is 10.3. The Morgan fingerprint density at radius 2 is 2.03 bits per heavy atom. The number of carbonyl (C=O) groups is 1. The molecule has 2 heterocycles. The Morgan fingerprint density at radius 3 is 2.67 bits per heavy atom. The molecule has 1 saturated carbocycles. The summed E-state index contributed by atoms with van der Waals surface area (Å²) >= 11 is 1.31. The highest BCUT2D eigenvalue weighted by Crippen LogP contribution is 2.33. The van der Waals surface area contributed by atoms with Crippen molar-refractivity contribution in [1.29, 1.82) is 0 Å². The minimum atomic E-state index is -3.32. The van der Waals surface area contributed by atoms with Gasteiger partial charge in [-0.3, -0.25) is 10.1 Å². The van der Waals surface area contributed by atoms with Gasteiger partial charge < -0.3 is 14.3 Å². The normalized spacial score (nSPS) is 19.1. The van der Waals surface area contributed by atoms with Gasteiger partial charge in [-0.25, -0.2) is 13.4 Å². The molecule has 1 saturated heterocycles. The molecular weight excluding hydrogens is 466 g/mol. The molecule has 0 unspecified atom stereocenters. The van der Waals surface area contributed by atoms with Crippen LogP contribution in [0.2, 0.25) is 0 Å². The standard InChI is InChI=1S/C22H27N3O6S2/c1-14(2)30-13-17-11-23-22(32-17)24-21(26)20(25-31-16-9-10-29-12-16)15-3-5-18(6-4-15)33(27,28)19-7-8-19/h3-6,11,14,16,19H,7-10,12-13H2,1-2H3,(H,23,24,26)/b25-20+/t16-/m1/s1. The Labute approximate surface area is 197 Å². The monoisotopic (exact) mass is 493 g/mol. The van der Waals surface area contributed by atoms with Crippen molar-refractivity contribution in [3.8, 4) is 0 Å². The van der Waals surface area contributed by atoms with Crippen molar-refractivity contribution in [2.24, 2.45) is 5.16 Å². The molecule has 0 radical (unpaired) electrons. The molecule has 1 aromatic heterocycles. The first-order chi connectivity index (χ1) is 15.8. The van der Waals surface area contributed by atoms with Crippen molar-refractivity contribution in [2.75, 3.05) is 18.5 Å². The third kappa shape index (κ3) is 6.17. The van der Waals surface area contributed by atoms with Crippen LogP contribution in [0.15, 0.2) is 40.5 Å². The van der Waals surface area contributed by atoms with Crippen molar-refractivity contribution in [3.63, 3.8) is 0 Å². The van der Waals surface area contributed by atoms with Crippen LogP contribution in [0.3, 0.4) is 0 Å². The fraction of sp³-hybridized carbons (Fsp3) is 0.500. The van der Waals surface area contributed by atoms with Gasteiger partial charge in [-0.05, 0) is 38.8 Å². The number of amides is 1. The summed E-state index contributed by atoms with van der Waals surface area (Å²) in [5, 5.41) is 6.96. The SMILES string of the molecule is CC(C)OCc1cnc(NC(=O)/C(=N/O[C@@H]2CCOC2)c2ccc(S(=O)(=O)C3CC3)cc2)s1. The average Bonchev–Trinajstić information content (AvgIpc) is 3.36. The molecule has 0 spiro atoms. The number of nitrogens with zero attached hydrogens (tertiary/aromatic N) is 2. The smallest absolute Gasteiger partial charge is 0.280 e. The van der Waals surface area contributed by atoms with Crippen molar-refractivity contribution in [3.05, 3.63) is 40.9 Å². The molecule has 1 N–H and O–H groups in total. The number of oxime groups is 1. The Kier molecular flexibility index (Phi) is 7.42. The van der Waals surface area contributed by atoms with E-state index < -0.39 is 15.7 Å². The highest BCUT2D eigenvalue weighted by atomic mass is 32.2. The fourth-order valence-corrected chi connectivity index (χ4v) is 5.55. The molecule has 2 fully saturated rings. The van der Waals surface area contributed by atoms with Crippen LogP contribution in [0, 0.1) is 0 Å². The van der Waals surface area contributed by atoms with Gasteiger partial charge in [0.05, 0.1) is 40.9 Å². The largest absolute Gasteiger partial charge is 0.389 e. The molecule has 1 aliphatic heterocycles. The maximum absolute atomic E-state index is 13.1. The van der Waals surface area contributed by atoms with Crippen LogP contribution >= 0.6 is 11.3 Å². The zero-order valence-corrected chi connectivity index (χ0v) is 20.2. The number of thiazole rings is 1. The predicted octanol–water partition coefficient (Wildman–Crippen LogP) is 3.15. The molecule has 9 nitrogen and oxygen atoms in total. The topological polar surface area (TPSA) is 116 Å². The van der Waals surface area contributed by atoms with Crippen LogP contribution in [0.5, 0.6) is 0 Å². The number of sulfone groups is 1.